The number of hydrogen-bond donors (Lipinski definition) is 2. The van der Waals surface area contributed by atoms with E-state index in [-0.39, 0.29) is 29.6 Å². The van der Waals surface area contributed by atoms with Crippen molar-refractivity contribution in [2.45, 2.75) is 45.6 Å². The number of aromatic carboxylic acids is 1. The van der Waals surface area contributed by atoms with Gasteiger partial charge < -0.3 is 19.5 Å². The van der Waals surface area contributed by atoms with Crippen LogP contribution in [0.15, 0.2) is 54.6 Å². The van der Waals surface area contributed by atoms with Crippen molar-refractivity contribution in [3.63, 3.8) is 0 Å². The molecule has 3 aromatic carbocycles. The van der Waals surface area contributed by atoms with Crippen molar-refractivity contribution < 1.29 is 28.5 Å². The van der Waals surface area contributed by atoms with E-state index in [1.165, 1.54) is 36.4 Å². The first-order valence-electron chi connectivity index (χ1n) is 11.7. The van der Waals surface area contributed by atoms with Gasteiger partial charge in [-0.2, -0.15) is 5.26 Å². The van der Waals surface area contributed by atoms with Crippen molar-refractivity contribution in [3.05, 3.63) is 77.5 Å². The van der Waals surface area contributed by atoms with Crippen LogP contribution in [-0.4, -0.2) is 26.9 Å². The lowest BCUT2D eigenvalue weighted by molar-refractivity contribution is 0.0697. The molecule has 6 nitrogen and oxygen atoms in total. The van der Waals surface area contributed by atoms with Crippen molar-refractivity contribution in [2.24, 2.45) is 0 Å². The number of fused-ring (bicyclic) bond motifs is 1. The van der Waals surface area contributed by atoms with Crippen molar-refractivity contribution in [2.75, 3.05) is 0 Å². The summed E-state index contributed by atoms with van der Waals surface area (Å²) in [6, 6.07) is 14.8. The first-order chi connectivity index (χ1) is 17.4. The molecule has 0 amide bonds. The van der Waals surface area contributed by atoms with Gasteiger partial charge in [-0.1, -0.05) is 26.0 Å². The summed E-state index contributed by atoms with van der Waals surface area (Å²) in [5, 5.41) is 30.2. The number of carbonyl (C=O) groups is 1. The monoisotopic (exact) mass is 504 g/mol. The number of nitriles is 1. The third-order valence-corrected chi connectivity index (χ3v) is 6.13. The normalized spacial score (nSPS) is 11.6. The zero-order valence-corrected chi connectivity index (χ0v) is 20.8. The maximum atomic E-state index is 14.7. The van der Waals surface area contributed by atoms with Gasteiger partial charge in [0.05, 0.1) is 28.6 Å². The van der Waals surface area contributed by atoms with Gasteiger partial charge in [0.25, 0.3) is 0 Å². The van der Waals surface area contributed by atoms with E-state index in [0.29, 0.717) is 33.4 Å². The summed E-state index contributed by atoms with van der Waals surface area (Å²) in [6.07, 6.45) is -0.228. The number of carboxylic acid groups (broad SMARTS) is 1. The minimum atomic E-state index is -1.09. The molecule has 1 heterocycles. The fourth-order valence-corrected chi connectivity index (χ4v) is 4.59. The number of ether oxygens (including phenoxy) is 1. The Morgan fingerprint density at radius 3 is 2.38 bits per heavy atom. The highest BCUT2D eigenvalue weighted by Crippen LogP contribution is 2.47. The van der Waals surface area contributed by atoms with E-state index in [2.05, 4.69) is 6.07 Å². The summed E-state index contributed by atoms with van der Waals surface area (Å²) in [5.74, 6) is -2.65. The predicted molar refractivity (Wildman–Crippen MR) is 136 cm³/mol. The van der Waals surface area contributed by atoms with Crippen LogP contribution >= 0.6 is 0 Å². The van der Waals surface area contributed by atoms with Gasteiger partial charge in [0.1, 0.15) is 11.6 Å². The number of hydrogen-bond acceptors (Lipinski definition) is 4. The molecule has 2 N–H and O–H groups in total. The van der Waals surface area contributed by atoms with Crippen LogP contribution in [0, 0.1) is 23.0 Å². The smallest absolute Gasteiger partial charge is 0.335 e. The maximum absolute atomic E-state index is 14.7. The van der Waals surface area contributed by atoms with Crippen molar-refractivity contribution in [1.82, 2.24) is 4.57 Å². The minimum absolute atomic E-state index is 0.00590. The Hall–Kier alpha value is -4.38. The fraction of sp³-hybridized carbons (Fsp3) is 0.241. The molecule has 0 aliphatic rings. The summed E-state index contributed by atoms with van der Waals surface area (Å²) in [6.45, 7) is 7.23. The summed E-state index contributed by atoms with van der Waals surface area (Å²) >= 11 is 0. The highest BCUT2D eigenvalue weighted by molar-refractivity contribution is 6.04. The molecule has 0 radical (unpaired) electrons. The van der Waals surface area contributed by atoms with Gasteiger partial charge in [-0.05, 0) is 49.7 Å². The molecule has 0 spiro atoms. The third-order valence-electron chi connectivity index (χ3n) is 6.13. The number of benzene rings is 3. The lowest BCUT2D eigenvalue weighted by Crippen LogP contribution is -2.22. The number of aromatic nitrogens is 1. The molecule has 4 aromatic rings. The van der Waals surface area contributed by atoms with E-state index in [1.54, 1.807) is 30.5 Å². The number of rotatable bonds is 7. The number of nitrogens with zero attached hydrogens (tertiary/aromatic N) is 2. The van der Waals surface area contributed by atoms with E-state index in [1.807, 2.05) is 13.8 Å². The Labute approximate surface area is 213 Å². The van der Waals surface area contributed by atoms with E-state index in [4.69, 9.17) is 4.74 Å². The summed E-state index contributed by atoms with van der Waals surface area (Å²) < 4.78 is 36.6. The molecule has 0 aliphatic carbocycles. The predicted octanol–water partition coefficient (Wildman–Crippen LogP) is 6.96. The lowest BCUT2D eigenvalue weighted by Gasteiger charge is -2.27. The largest absolute Gasteiger partial charge is 0.507 e. The molecule has 0 saturated heterocycles. The summed E-state index contributed by atoms with van der Waals surface area (Å²) in [4.78, 5) is 11.4. The Morgan fingerprint density at radius 1 is 1.11 bits per heavy atom. The maximum Gasteiger partial charge on any atom is 0.335 e. The minimum Gasteiger partial charge on any atom is -0.507 e. The molecule has 0 bridgehead atoms. The van der Waals surface area contributed by atoms with Crippen LogP contribution in [0.2, 0.25) is 0 Å². The third kappa shape index (κ3) is 4.73. The molecular weight excluding hydrogens is 478 g/mol. The molecule has 190 valence electrons. The van der Waals surface area contributed by atoms with Crippen molar-refractivity contribution in [1.29, 1.82) is 5.26 Å². The van der Waals surface area contributed by atoms with Gasteiger partial charge in [0.2, 0.25) is 0 Å². The van der Waals surface area contributed by atoms with Crippen LogP contribution in [0.1, 0.15) is 50.2 Å². The molecule has 0 saturated carbocycles. The van der Waals surface area contributed by atoms with Crippen LogP contribution in [0.25, 0.3) is 27.7 Å². The van der Waals surface area contributed by atoms with Gasteiger partial charge >= 0.3 is 5.97 Å². The number of carboxylic acids is 1. The highest BCUT2D eigenvalue weighted by atomic mass is 19.1. The van der Waals surface area contributed by atoms with Gasteiger partial charge in [-0.15, -0.1) is 0 Å². The quantitative estimate of drug-likeness (QED) is 0.284. The Balaban J connectivity index is 2.17. The molecule has 0 fully saturated rings. The van der Waals surface area contributed by atoms with Crippen LogP contribution in [0.4, 0.5) is 8.78 Å². The lowest BCUT2D eigenvalue weighted by atomic mass is 9.81. The second-order valence-electron chi connectivity index (χ2n) is 9.76. The first kappa shape index (κ1) is 25.7. The van der Waals surface area contributed by atoms with Crippen LogP contribution in [0.5, 0.6) is 11.5 Å². The average molecular weight is 505 g/mol. The van der Waals surface area contributed by atoms with Crippen LogP contribution < -0.4 is 4.74 Å². The number of halogens is 2. The van der Waals surface area contributed by atoms with Crippen molar-refractivity contribution >= 4 is 16.9 Å². The van der Waals surface area contributed by atoms with E-state index < -0.39 is 23.0 Å². The highest BCUT2D eigenvalue weighted by Gasteiger charge is 2.33. The standard InChI is InChI=1S/C29H26F2N2O4/c1-16(2)37-24-15-20(9-10-21(24)31)33-22-13-19(30)14-23(34)26(22)25(27(33)29(3,4)11-12-32)17-5-7-18(8-6-17)28(35)36/h5-10,13-16,34H,11H2,1-4H3,(H,35,36). The Morgan fingerprint density at radius 2 is 1.78 bits per heavy atom. The Bertz CT molecular complexity index is 1550. The average Bonchev–Trinajstić information content (AvgIpc) is 3.16. The number of aromatic hydroxyl groups is 1. The molecule has 37 heavy (non-hydrogen) atoms. The second kappa shape index (κ2) is 9.58. The van der Waals surface area contributed by atoms with Crippen LogP contribution in [0.3, 0.4) is 0 Å². The SMILES string of the molecule is CC(C)Oc1cc(-n2c(C(C)(C)CC#N)c(-c3ccc(C(=O)O)cc3)c3c(O)cc(F)cc32)ccc1F. The second-order valence-corrected chi connectivity index (χ2v) is 9.76. The summed E-state index contributed by atoms with van der Waals surface area (Å²) in [7, 11) is 0. The molecule has 4 rings (SSSR count). The van der Waals surface area contributed by atoms with Crippen molar-refractivity contribution in [3.8, 4) is 34.4 Å². The van der Waals surface area contributed by atoms with E-state index >= 15 is 0 Å². The number of phenols is 1. The Kier molecular flexibility index (Phi) is 6.66. The fourth-order valence-electron chi connectivity index (χ4n) is 4.59. The van der Waals surface area contributed by atoms with Gasteiger partial charge in [0, 0.05) is 40.9 Å². The number of phenolic OH excluding ortho intramolecular Hbond substituents is 1. The molecule has 0 atom stereocenters. The van der Waals surface area contributed by atoms with Gasteiger partial charge in [-0.25, -0.2) is 13.6 Å². The molecular formula is C29H26F2N2O4. The summed E-state index contributed by atoms with van der Waals surface area (Å²) in [5.41, 5.74) is 1.65. The molecule has 1 aromatic heterocycles. The topological polar surface area (TPSA) is 95.5 Å². The van der Waals surface area contributed by atoms with Gasteiger partial charge in [-0.3, -0.25) is 0 Å². The van der Waals surface area contributed by atoms with Crippen LogP contribution in [-0.2, 0) is 5.41 Å². The first-order valence-corrected chi connectivity index (χ1v) is 11.7. The zero-order chi connectivity index (χ0) is 27.1. The van der Waals surface area contributed by atoms with E-state index in [0.717, 1.165) is 6.07 Å². The molecule has 0 unspecified atom stereocenters. The van der Waals surface area contributed by atoms with E-state index in [9.17, 15) is 29.1 Å². The van der Waals surface area contributed by atoms with Gasteiger partial charge in [0.15, 0.2) is 11.6 Å². The molecule has 8 heteroatoms. The zero-order valence-electron chi connectivity index (χ0n) is 20.8. The molecule has 0 aliphatic heterocycles.